The van der Waals surface area contributed by atoms with Crippen molar-refractivity contribution in [1.29, 1.82) is 0 Å². The van der Waals surface area contributed by atoms with Crippen molar-refractivity contribution in [3.8, 4) is 0 Å². The summed E-state index contributed by atoms with van der Waals surface area (Å²) in [5.41, 5.74) is -0.328. The molecule has 86 valence electrons. The van der Waals surface area contributed by atoms with E-state index in [0.717, 1.165) is 26.1 Å². The first-order chi connectivity index (χ1) is 7.04. The second kappa shape index (κ2) is 3.73. The van der Waals surface area contributed by atoms with Gasteiger partial charge in [0.15, 0.2) is 0 Å². The maximum Gasteiger partial charge on any atom is 0.305 e. The largest absolute Gasteiger partial charge is 0.481 e. The van der Waals surface area contributed by atoms with Crippen molar-refractivity contribution in [2.75, 3.05) is 26.3 Å². The zero-order chi connectivity index (χ0) is 10.9. The van der Waals surface area contributed by atoms with Gasteiger partial charge in [-0.15, -0.1) is 0 Å². The molecular weight excluding hydrogens is 196 g/mol. The lowest BCUT2D eigenvalue weighted by Crippen LogP contribution is -2.73. The Balaban J connectivity index is 1.98. The number of carbonyl (C=O) groups is 1. The van der Waals surface area contributed by atoms with Crippen LogP contribution in [-0.4, -0.2) is 48.5 Å². The van der Waals surface area contributed by atoms with E-state index in [4.69, 9.17) is 9.84 Å². The fraction of sp³-hybridized carbons (Fsp3) is 0.900. The molecule has 5 nitrogen and oxygen atoms in total. The van der Waals surface area contributed by atoms with Crippen molar-refractivity contribution in [2.24, 2.45) is 0 Å². The van der Waals surface area contributed by atoms with E-state index in [0.29, 0.717) is 6.61 Å². The number of rotatable bonds is 4. The molecule has 0 aromatic rings. The Morgan fingerprint density at radius 2 is 2.33 bits per heavy atom. The van der Waals surface area contributed by atoms with Gasteiger partial charge in [0.05, 0.1) is 18.6 Å². The van der Waals surface area contributed by atoms with Gasteiger partial charge in [0.25, 0.3) is 0 Å². The summed E-state index contributed by atoms with van der Waals surface area (Å²) in [5, 5.41) is 15.5. The topological polar surface area (TPSA) is 70.6 Å². The lowest BCUT2D eigenvalue weighted by Gasteiger charge is -2.47. The van der Waals surface area contributed by atoms with Crippen molar-refractivity contribution >= 4 is 5.97 Å². The van der Waals surface area contributed by atoms with Crippen LogP contribution in [0.5, 0.6) is 0 Å². The number of hydrogen-bond acceptors (Lipinski definition) is 4. The molecule has 0 saturated carbocycles. The first-order valence-corrected chi connectivity index (χ1v) is 5.33. The summed E-state index contributed by atoms with van der Waals surface area (Å²) in [5.74, 6) is -0.744. The van der Waals surface area contributed by atoms with E-state index in [-0.39, 0.29) is 17.5 Å². The van der Waals surface area contributed by atoms with Gasteiger partial charge in [-0.3, -0.25) is 4.79 Å². The van der Waals surface area contributed by atoms with Crippen molar-refractivity contribution < 1.29 is 14.6 Å². The van der Waals surface area contributed by atoms with Gasteiger partial charge in [0.1, 0.15) is 0 Å². The lowest BCUT2D eigenvalue weighted by molar-refractivity contribution is -0.139. The SMILES string of the molecule is CC1(NC2(CC(=O)O)CNC2)CCOC1. The predicted molar refractivity (Wildman–Crippen MR) is 54.8 cm³/mol. The van der Waals surface area contributed by atoms with E-state index in [2.05, 4.69) is 17.6 Å². The molecule has 0 radical (unpaired) electrons. The molecule has 0 bridgehead atoms. The fourth-order valence-corrected chi connectivity index (χ4v) is 2.38. The van der Waals surface area contributed by atoms with Gasteiger partial charge in [-0.05, 0) is 13.3 Å². The Hall–Kier alpha value is -0.650. The van der Waals surface area contributed by atoms with Gasteiger partial charge in [0.2, 0.25) is 0 Å². The van der Waals surface area contributed by atoms with Crippen LogP contribution in [0.1, 0.15) is 19.8 Å². The third kappa shape index (κ3) is 2.30. The molecule has 1 atom stereocenters. The molecular formula is C10H18N2O3. The van der Waals surface area contributed by atoms with Crippen LogP contribution in [0.4, 0.5) is 0 Å². The average molecular weight is 214 g/mol. The Kier molecular flexibility index (Phi) is 2.70. The van der Waals surface area contributed by atoms with E-state index in [1.54, 1.807) is 0 Å². The Morgan fingerprint density at radius 3 is 2.73 bits per heavy atom. The first-order valence-electron chi connectivity index (χ1n) is 5.33. The van der Waals surface area contributed by atoms with E-state index >= 15 is 0 Å². The molecule has 0 aromatic heterocycles. The highest BCUT2D eigenvalue weighted by Gasteiger charge is 2.45. The molecule has 1 unspecified atom stereocenters. The first kappa shape index (κ1) is 10.9. The number of ether oxygens (including phenoxy) is 1. The van der Waals surface area contributed by atoms with Gasteiger partial charge in [-0.2, -0.15) is 0 Å². The van der Waals surface area contributed by atoms with Crippen molar-refractivity contribution in [3.05, 3.63) is 0 Å². The molecule has 2 heterocycles. The molecule has 0 aliphatic carbocycles. The number of nitrogens with one attached hydrogen (secondary N) is 2. The predicted octanol–water partition coefficient (Wildman–Crippen LogP) is -0.428. The highest BCUT2D eigenvalue weighted by Crippen LogP contribution is 2.25. The summed E-state index contributed by atoms with van der Waals surface area (Å²) in [6.07, 6.45) is 1.13. The van der Waals surface area contributed by atoms with Gasteiger partial charge in [-0.1, -0.05) is 0 Å². The summed E-state index contributed by atoms with van der Waals surface area (Å²) in [7, 11) is 0. The molecule has 15 heavy (non-hydrogen) atoms. The molecule has 2 saturated heterocycles. The van der Waals surface area contributed by atoms with Gasteiger partial charge < -0.3 is 20.5 Å². The van der Waals surface area contributed by atoms with Crippen LogP contribution in [-0.2, 0) is 9.53 Å². The number of hydrogen-bond donors (Lipinski definition) is 3. The minimum Gasteiger partial charge on any atom is -0.481 e. The van der Waals surface area contributed by atoms with Crippen molar-refractivity contribution in [3.63, 3.8) is 0 Å². The molecule has 0 spiro atoms. The molecule has 2 aliphatic heterocycles. The molecule has 0 amide bonds. The molecule has 2 rings (SSSR count). The normalized spacial score (nSPS) is 33.7. The van der Waals surface area contributed by atoms with Gasteiger partial charge in [0, 0.05) is 25.2 Å². The lowest BCUT2D eigenvalue weighted by atomic mass is 9.84. The smallest absolute Gasteiger partial charge is 0.305 e. The van der Waals surface area contributed by atoms with Crippen LogP contribution in [0, 0.1) is 0 Å². The third-order valence-corrected chi connectivity index (χ3v) is 3.20. The summed E-state index contributed by atoms with van der Waals surface area (Å²) >= 11 is 0. The van der Waals surface area contributed by atoms with E-state index in [1.165, 1.54) is 0 Å². The monoisotopic (exact) mass is 214 g/mol. The number of carboxylic acid groups (broad SMARTS) is 1. The Labute approximate surface area is 89.2 Å². The van der Waals surface area contributed by atoms with Crippen LogP contribution in [0.3, 0.4) is 0 Å². The van der Waals surface area contributed by atoms with Gasteiger partial charge in [-0.25, -0.2) is 0 Å². The Bertz CT molecular complexity index is 257. The van der Waals surface area contributed by atoms with Crippen LogP contribution in [0.25, 0.3) is 0 Å². The quantitative estimate of drug-likeness (QED) is 0.592. The maximum absolute atomic E-state index is 10.8. The molecule has 5 heteroatoms. The summed E-state index contributed by atoms with van der Waals surface area (Å²) < 4.78 is 5.35. The van der Waals surface area contributed by atoms with Crippen LogP contribution in [0.2, 0.25) is 0 Å². The minimum absolute atomic E-state index is 0.0580. The van der Waals surface area contributed by atoms with Gasteiger partial charge >= 0.3 is 5.97 Å². The van der Waals surface area contributed by atoms with E-state index in [1.807, 2.05) is 0 Å². The molecule has 3 N–H and O–H groups in total. The zero-order valence-corrected chi connectivity index (χ0v) is 9.01. The summed E-state index contributed by atoms with van der Waals surface area (Å²) in [6, 6.07) is 0. The van der Waals surface area contributed by atoms with Crippen molar-refractivity contribution in [1.82, 2.24) is 10.6 Å². The average Bonchev–Trinajstić information content (AvgIpc) is 2.47. The highest BCUT2D eigenvalue weighted by atomic mass is 16.5. The maximum atomic E-state index is 10.8. The molecule has 2 aliphatic rings. The third-order valence-electron chi connectivity index (χ3n) is 3.20. The summed E-state index contributed by atoms with van der Waals surface area (Å²) in [6.45, 7) is 5.00. The van der Waals surface area contributed by atoms with Crippen LogP contribution < -0.4 is 10.6 Å². The van der Waals surface area contributed by atoms with Crippen molar-refractivity contribution in [2.45, 2.75) is 30.8 Å². The Morgan fingerprint density at radius 1 is 1.60 bits per heavy atom. The highest BCUT2D eigenvalue weighted by molar-refractivity contribution is 5.69. The second-order valence-corrected chi connectivity index (χ2v) is 4.94. The van der Waals surface area contributed by atoms with E-state index in [9.17, 15) is 4.79 Å². The fourth-order valence-electron chi connectivity index (χ4n) is 2.38. The van der Waals surface area contributed by atoms with Crippen LogP contribution in [0.15, 0.2) is 0 Å². The zero-order valence-electron chi connectivity index (χ0n) is 9.01. The number of carboxylic acids is 1. The standard InChI is InChI=1S/C10H18N2O3/c1-9(2-3-15-7-9)12-10(4-8(13)14)5-11-6-10/h11-12H,2-7H2,1H3,(H,13,14). The number of aliphatic carboxylic acids is 1. The molecule has 0 aromatic carbocycles. The minimum atomic E-state index is -0.744. The van der Waals surface area contributed by atoms with Crippen LogP contribution >= 0.6 is 0 Å². The van der Waals surface area contributed by atoms with E-state index < -0.39 is 5.97 Å². The molecule has 2 fully saturated rings. The summed E-state index contributed by atoms with van der Waals surface area (Å²) in [4.78, 5) is 10.8. The second-order valence-electron chi connectivity index (χ2n) is 4.94.